The third-order valence-electron chi connectivity index (χ3n) is 4.01. The zero-order chi connectivity index (χ0) is 20.7. The Morgan fingerprint density at radius 1 is 1.25 bits per heavy atom. The van der Waals surface area contributed by atoms with E-state index >= 15 is 0 Å². The van der Waals surface area contributed by atoms with Gasteiger partial charge in [-0.3, -0.25) is 19.3 Å². The Bertz CT molecular complexity index is 779. The molecule has 0 atom stereocenters. The number of hydrogen-bond acceptors (Lipinski definition) is 7. The van der Waals surface area contributed by atoms with Crippen LogP contribution in [0.15, 0.2) is 23.1 Å². The van der Waals surface area contributed by atoms with Crippen molar-refractivity contribution in [2.75, 3.05) is 47.9 Å². The van der Waals surface area contributed by atoms with Crippen molar-refractivity contribution in [2.45, 2.75) is 6.42 Å². The molecule has 2 rings (SSSR count). The summed E-state index contributed by atoms with van der Waals surface area (Å²) in [7, 11) is 6.96. The van der Waals surface area contributed by atoms with Crippen LogP contribution in [0.5, 0.6) is 11.5 Å². The fourth-order valence-corrected chi connectivity index (χ4v) is 3.37. The Morgan fingerprint density at radius 2 is 2.00 bits per heavy atom. The van der Waals surface area contributed by atoms with Crippen molar-refractivity contribution in [3.63, 3.8) is 0 Å². The minimum atomic E-state index is -0.490. The first-order valence-electron chi connectivity index (χ1n) is 8.74. The molecule has 1 N–H and O–H groups in total. The molecule has 0 saturated carbocycles. The van der Waals surface area contributed by atoms with Gasteiger partial charge in [0.05, 0.1) is 19.1 Å². The highest BCUT2D eigenvalue weighted by atomic mass is 32.2. The largest absolute Gasteiger partial charge is 0.497 e. The molecule has 1 aliphatic heterocycles. The van der Waals surface area contributed by atoms with Gasteiger partial charge in [0.15, 0.2) is 0 Å². The van der Waals surface area contributed by atoms with Crippen LogP contribution in [0.4, 0.5) is 4.79 Å². The molecule has 0 bridgehead atoms. The highest BCUT2D eigenvalue weighted by Crippen LogP contribution is 2.34. The second kappa shape index (κ2) is 10.1. The maximum Gasteiger partial charge on any atom is 0.294 e. The molecular weight excluding hydrogens is 382 g/mol. The van der Waals surface area contributed by atoms with Gasteiger partial charge in [0.1, 0.15) is 18.0 Å². The third-order valence-corrected chi connectivity index (χ3v) is 4.91. The van der Waals surface area contributed by atoms with Crippen molar-refractivity contribution in [2.24, 2.45) is 0 Å². The van der Waals surface area contributed by atoms with Crippen molar-refractivity contribution < 1.29 is 23.9 Å². The van der Waals surface area contributed by atoms with Gasteiger partial charge in [-0.2, -0.15) is 0 Å². The Morgan fingerprint density at radius 3 is 2.64 bits per heavy atom. The minimum absolute atomic E-state index is 0.244. The predicted octanol–water partition coefficient (Wildman–Crippen LogP) is 1.81. The standard InChI is InChI=1S/C19H25N3O5S/c1-21(2)9-5-8-20-17(23)12-22-18(24)16(28-19(22)25)10-13-6-7-14(26-3)11-15(13)27-4/h6-7,10-11H,5,8-9,12H2,1-4H3,(H,20,23). The van der Waals surface area contributed by atoms with Gasteiger partial charge in [-0.15, -0.1) is 0 Å². The van der Waals surface area contributed by atoms with Crippen molar-refractivity contribution >= 4 is 34.9 Å². The number of ether oxygens (including phenoxy) is 2. The van der Waals surface area contributed by atoms with E-state index in [-0.39, 0.29) is 17.4 Å². The van der Waals surface area contributed by atoms with Crippen molar-refractivity contribution in [3.05, 3.63) is 28.7 Å². The van der Waals surface area contributed by atoms with E-state index in [0.29, 0.717) is 23.6 Å². The molecule has 1 fully saturated rings. The van der Waals surface area contributed by atoms with Crippen LogP contribution in [-0.4, -0.2) is 74.8 Å². The van der Waals surface area contributed by atoms with Gasteiger partial charge in [0.2, 0.25) is 5.91 Å². The fourth-order valence-electron chi connectivity index (χ4n) is 2.54. The first-order chi connectivity index (χ1) is 13.3. The third kappa shape index (κ3) is 5.74. The van der Waals surface area contributed by atoms with E-state index in [1.54, 1.807) is 31.4 Å². The van der Waals surface area contributed by atoms with Gasteiger partial charge in [0, 0.05) is 18.2 Å². The Labute approximate surface area is 168 Å². The lowest BCUT2D eigenvalue weighted by Crippen LogP contribution is -2.40. The maximum absolute atomic E-state index is 12.6. The lowest BCUT2D eigenvalue weighted by atomic mass is 10.1. The Hall–Kier alpha value is -2.52. The number of nitrogens with one attached hydrogen (secondary N) is 1. The number of amides is 3. The second-order valence-corrected chi connectivity index (χ2v) is 7.38. The molecule has 1 aliphatic rings. The lowest BCUT2D eigenvalue weighted by Gasteiger charge is -2.13. The number of carbonyl (C=O) groups excluding carboxylic acids is 3. The predicted molar refractivity (Wildman–Crippen MR) is 108 cm³/mol. The maximum atomic E-state index is 12.6. The van der Waals surface area contributed by atoms with Crippen LogP contribution in [0.25, 0.3) is 6.08 Å². The molecule has 9 heteroatoms. The number of carbonyl (C=O) groups is 3. The van der Waals surface area contributed by atoms with Gasteiger partial charge in [-0.05, 0) is 57.0 Å². The molecule has 0 spiro atoms. The van der Waals surface area contributed by atoms with Gasteiger partial charge in [-0.1, -0.05) is 0 Å². The Balaban J connectivity index is 2.03. The summed E-state index contributed by atoms with van der Waals surface area (Å²) >= 11 is 0.805. The smallest absolute Gasteiger partial charge is 0.294 e. The normalized spacial score (nSPS) is 15.5. The van der Waals surface area contributed by atoms with E-state index < -0.39 is 11.1 Å². The molecule has 1 heterocycles. The van der Waals surface area contributed by atoms with E-state index in [0.717, 1.165) is 29.6 Å². The number of benzene rings is 1. The zero-order valence-corrected chi connectivity index (χ0v) is 17.3. The molecule has 0 radical (unpaired) electrons. The first kappa shape index (κ1) is 21.8. The number of nitrogens with zero attached hydrogens (tertiary/aromatic N) is 2. The molecule has 28 heavy (non-hydrogen) atoms. The molecule has 1 saturated heterocycles. The van der Waals surface area contributed by atoms with Gasteiger partial charge < -0.3 is 19.7 Å². The van der Waals surface area contributed by atoms with Gasteiger partial charge >= 0.3 is 0 Å². The summed E-state index contributed by atoms with van der Waals surface area (Å²) in [4.78, 5) is 40.0. The van der Waals surface area contributed by atoms with E-state index in [1.807, 2.05) is 19.0 Å². The highest BCUT2D eigenvalue weighted by molar-refractivity contribution is 8.18. The van der Waals surface area contributed by atoms with Crippen molar-refractivity contribution in [3.8, 4) is 11.5 Å². The van der Waals surface area contributed by atoms with Crippen LogP contribution in [0, 0.1) is 0 Å². The molecule has 0 aliphatic carbocycles. The monoisotopic (exact) mass is 407 g/mol. The molecule has 1 aromatic carbocycles. The summed E-state index contributed by atoms with van der Waals surface area (Å²) in [5.41, 5.74) is 0.641. The molecule has 0 aromatic heterocycles. The number of hydrogen-bond donors (Lipinski definition) is 1. The molecule has 0 unspecified atom stereocenters. The van der Waals surface area contributed by atoms with Gasteiger partial charge in [0.25, 0.3) is 11.1 Å². The molecule has 3 amide bonds. The topological polar surface area (TPSA) is 88.2 Å². The number of imide groups is 1. The van der Waals surface area contributed by atoms with Crippen LogP contribution in [0.1, 0.15) is 12.0 Å². The van der Waals surface area contributed by atoms with Gasteiger partial charge in [-0.25, -0.2) is 0 Å². The average molecular weight is 407 g/mol. The summed E-state index contributed by atoms with van der Waals surface area (Å²) in [5.74, 6) is 0.290. The van der Waals surface area contributed by atoms with E-state index in [9.17, 15) is 14.4 Å². The highest BCUT2D eigenvalue weighted by Gasteiger charge is 2.36. The second-order valence-electron chi connectivity index (χ2n) is 6.38. The van der Waals surface area contributed by atoms with Crippen molar-refractivity contribution in [1.82, 2.24) is 15.1 Å². The quantitative estimate of drug-likeness (QED) is 0.493. The Kier molecular flexibility index (Phi) is 7.89. The molecule has 8 nitrogen and oxygen atoms in total. The number of methoxy groups -OCH3 is 2. The molecular formula is C19H25N3O5S. The SMILES string of the molecule is COc1ccc(C=C2SC(=O)N(CC(=O)NCCCN(C)C)C2=O)c(OC)c1. The lowest BCUT2D eigenvalue weighted by molar-refractivity contribution is -0.129. The molecule has 152 valence electrons. The molecule has 1 aromatic rings. The van der Waals surface area contributed by atoms with E-state index in [4.69, 9.17) is 9.47 Å². The van der Waals surface area contributed by atoms with Crippen LogP contribution in [0.3, 0.4) is 0 Å². The van der Waals surface area contributed by atoms with E-state index in [1.165, 1.54) is 7.11 Å². The first-order valence-corrected chi connectivity index (χ1v) is 9.56. The summed E-state index contributed by atoms with van der Waals surface area (Å²) in [6, 6.07) is 5.17. The number of thioether (sulfide) groups is 1. The summed E-state index contributed by atoms with van der Waals surface area (Å²) < 4.78 is 10.5. The van der Waals surface area contributed by atoms with E-state index in [2.05, 4.69) is 5.32 Å². The number of rotatable bonds is 9. The van der Waals surface area contributed by atoms with Crippen LogP contribution in [0.2, 0.25) is 0 Å². The van der Waals surface area contributed by atoms with Crippen molar-refractivity contribution in [1.29, 1.82) is 0 Å². The zero-order valence-electron chi connectivity index (χ0n) is 16.5. The summed E-state index contributed by atoms with van der Waals surface area (Å²) in [5, 5.41) is 2.26. The van der Waals surface area contributed by atoms with Crippen LogP contribution in [-0.2, 0) is 9.59 Å². The fraction of sp³-hybridized carbons (Fsp3) is 0.421. The average Bonchev–Trinajstić information content (AvgIpc) is 2.92. The van der Waals surface area contributed by atoms with Crippen LogP contribution >= 0.6 is 11.8 Å². The minimum Gasteiger partial charge on any atom is -0.497 e. The van der Waals surface area contributed by atoms with Crippen LogP contribution < -0.4 is 14.8 Å². The summed E-state index contributed by atoms with van der Waals surface area (Å²) in [6.07, 6.45) is 2.37. The summed E-state index contributed by atoms with van der Waals surface area (Å²) in [6.45, 7) is 1.05.